The van der Waals surface area contributed by atoms with Crippen LogP contribution in [0.4, 0.5) is 23.7 Å². The number of amides is 3. The van der Waals surface area contributed by atoms with E-state index in [2.05, 4.69) is 0 Å². The van der Waals surface area contributed by atoms with E-state index in [4.69, 9.17) is 21.1 Å². The highest BCUT2D eigenvalue weighted by Crippen LogP contribution is 2.40. The second-order valence-corrected chi connectivity index (χ2v) is 11.0. The molecule has 4 aromatic carbocycles. The van der Waals surface area contributed by atoms with Crippen LogP contribution in [-0.2, 0) is 30.7 Å². The predicted octanol–water partition coefficient (Wildman–Crippen LogP) is 8.26. The monoisotopic (exact) mass is 608 g/mol. The molecule has 5 rings (SSSR count). The zero-order chi connectivity index (χ0) is 30.8. The van der Waals surface area contributed by atoms with Crippen molar-refractivity contribution in [2.75, 3.05) is 4.90 Å². The highest BCUT2D eigenvalue weighted by atomic mass is 35.5. The predicted molar refractivity (Wildman–Crippen MR) is 157 cm³/mol. The Hall–Kier alpha value is -4.50. The standard InChI is InChI=1S/C33H28ClF3N2O4/c1-32(2)30(40)39(25-14-15-27(34)26(18-25)33(35,36)37)31(41)38(32)19-24-13-16-28(42-20-22-9-5-3-6-10-22)29(17-24)43-21-23-11-7-4-8-12-23/h3-18H,19-21H2,1-2H3. The Balaban J connectivity index is 1.42. The Kier molecular flexibility index (Phi) is 8.37. The van der Waals surface area contributed by atoms with Gasteiger partial charge in [-0.05, 0) is 60.9 Å². The zero-order valence-electron chi connectivity index (χ0n) is 23.4. The van der Waals surface area contributed by atoms with E-state index in [1.807, 2.05) is 60.7 Å². The molecule has 0 radical (unpaired) electrons. The van der Waals surface area contributed by atoms with Gasteiger partial charge in [0.25, 0.3) is 5.91 Å². The number of ether oxygens (including phenoxy) is 2. The molecule has 0 saturated carbocycles. The number of carbonyl (C=O) groups is 2. The lowest BCUT2D eigenvalue weighted by Crippen LogP contribution is -2.43. The Bertz CT molecular complexity index is 1630. The number of hydrogen-bond acceptors (Lipinski definition) is 4. The fourth-order valence-corrected chi connectivity index (χ4v) is 4.96. The van der Waals surface area contributed by atoms with Gasteiger partial charge in [0.2, 0.25) is 0 Å². The van der Waals surface area contributed by atoms with Crippen molar-refractivity contribution in [3.8, 4) is 11.5 Å². The van der Waals surface area contributed by atoms with Gasteiger partial charge in [0.15, 0.2) is 11.5 Å². The number of alkyl halides is 3. The highest BCUT2D eigenvalue weighted by molar-refractivity contribution is 6.31. The summed E-state index contributed by atoms with van der Waals surface area (Å²) in [6, 6.07) is 26.7. The van der Waals surface area contributed by atoms with Crippen molar-refractivity contribution in [3.63, 3.8) is 0 Å². The van der Waals surface area contributed by atoms with E-state index < -0.39 is 34.2 Å². The quantitative estimate of drug-likeness (QED) is 0.180. The summed E-state index contributed by atoms with van der Waals surface area (Å²) in [5, 5.41) is -0.524. The number of hydrogen-bond donors (Lipinski definition) is 0. The van der Waals surface area contributed by atoms with Crippen molar-refractivity contribution in [3.05, 3.63) is 124 Å². The maximum Gasteiger partial charge on any atom is 0.417 e. The van der Waals surface area contributed by atoms with Crippen molar-refractivity contribution in [2.45, 2.75) is 45.3 Å². The summed E-state index contributed by atoms with van der Waals surface area (Å²) in [7, 11) is 0. The third-order valence-corrected chi connectivity index (χ3v) is 7.49. The molecule has 0 N–H and O–H groups in total. The van der Waals surface area contributed by atoms with Gasteiger partial charge < -0.3 is 14.4 Å². The second kappa shape index (κ2) is 12.0. The van der Waals surface area contributed by atoms with E-state index in [9.17, 15) is 22.8 Å². The molecular weight excluding hydrogens is 581 g/mol. The number of carbonyl (C=O) groups excluding carboxylic acids is 2. The Morgan fingerprint density at radius 3 is 1.91 bits per heavy atom. The number of imide groups is 1. The molecule has 3 amide bonds. The summed E-state index contributed by atoms with van der Waals surface area (Å²) in [6.07, 6.45) is -4.76. The molecule has 0 unspecified atom stereocenters. The molecule has 0 spiro atoms. The van der Waals surface area contributed by atoms with Crippen LogP contribution in [0, 0.1) is 0 Å². The third-order valence-electron chi connectivity index (χ3n) is 7.16. The van der Waals surface area contributed by atoms with E-state index >= 15 is 0 Å². The molecule has 6 nitrogen and oxygen atoms in total. The summed E-state index contributed by atoms with van der Waals surface area (Å²) in [6.45, 7) is 3.68. The van der Waals surface area contributed by atoms with Gasteiger partial charge in [-0.3, -0.25) is 4.79 Å². The molecule has 1 fully saturated rings. The Morgan fingerprint density at radius 2 is 1.33 bits per heavy atom. The van der Waals surface area contributed by atoms with Crippen molar-refractivity contribution in [1.29, 1.82) is 0 Å². The van der Waals surface area contributed by atoms with Gasteiger partial charge in [-0.2, -0.15) is 13.2 Å². The molecule has 1 saturated heterocycles. The summed E-state index contributed by atoms with van der Waals surface area (Å²) >= 11 is 5.76. The van der Waals surface area contributed by atoms with Gasteiger partial charge in [0, 0.05) is 6.54 Å². The summed E-state index contributed by atoms with van der Waals surface area (Å²) in [5.41, 5.74) is -0.130. The highest BCUT2D eigenvalue weighted by Gasteiger charge is 2.52. The van der Waals surface area contributed by atoms with E-state index in [1.54, 1.807) is 32.0 Å². The van der Waals surface area contributed by atoms with Crippen LogP contribution in [0.1, 0.15) is 36.1 Å². The summed E-state index contributed by atoms with van der Waals surface area (Å²) < 4.78 is 52.7. The first-order chi connectivity index (χ1) is 20.4. The summed E-state index contributed by atoms with van der Waals surface area (Å²) in [5.74, 6) is 0.280. The minimum absolute atomic E-state index is 0.00550. The number of rotatable bonds is 9. The normalized spacial score (nSPS) is 14.7. The maximum absolute atomic E-state index is 13.6. The van der Waals surface area contributed by atoms with Gasteiger partial charge in [-0.15, -0.1) is 0 Å². The van der Waals surface area contributed by atoms with E-state index in [0.29, 0.717) is 29.7 Å². The first-order valence-electron chi connectivity index (χ1n) is 13.4. The molecule has 1 heterocycles. The van der Waals surface area contributed by atoms with Crippen LogP contribution in [0.25, 0.3) is 0 Å². The average Bonchev–Trinajstić information content (AvgIpc) is 3.15. The lowest BCUT2D eigenvalue weighted by atomic mass is 10.0. The Labute approximate surface area is 252 Å². The number of halogens is 4. The van der Waals surface area contributed by atoms with Crippen LogP contribution >= 0.6 is 11.6 Å². The lowest BCUT2D eigenvalue weighted by Gasteiger charge is -2.28. The maximum atomic E-state index is 13.6. The third kappa shape index (κ3) is 6.46. The number of nitrogens with zero attached hydrogens (tertiary/aromatic N) is 2. The second-order valence-electron chi connectivity index (χ2n) is 10.6. The molecule has 0 aromatic heterocycles. The Morgan fingerprint density at radius 1 is 0.744 bits per heavy atom. The van der Waals surface area contributed by atoms with Crippen LogP contribution in [0.3, 0.4) is 0 Å². The lowest BCUT2D eigenvalue weighted by molar-refractivity contribution is -0.137. The van der Waals surface area contributed by atoms with Crippen LogP contribution < -0.4 is 14.4 Å². The molecule has 10 heteroatoms. The van der Waals surface area contributed by atoms with E-state index in [1.165, 1.54) is 11.0 Å². The molecule has 0 bridgehead atoms. The van der Waals surface area contributed by atoms with Crippen molar-refractivity contribution >= 4 is 29.2 Å². The van der Waals surface area contributed by atoms with Gasteiger partial charge in [-0.25, -0.2) is 9.69 Å². The molecule has 43 heavy (non-hydrogen) atoms. The smallest absolute Gasteiger partial charge is 0.417 e. The molecule has 4 aromatic rings. The van der Waals surface area contributed by atoms with Crippen LogP contribution in [-0.4, -0.2) is 22.4 Å². The minimum Gasteiger partial charge on any atom is -0.485 e. The first-order valence-corrected chi connectivity index (χ1v) is 13.8. The van der Waals surface area contributed by atoms with Crippen LogP contribution in [0.5, 0.6) is 11.5 Å². The van der Waals surface area contributed by atoms with Gasteiger partial charge in [0.05, 0.1) is 16.3 Å². The topological polar surface area (TPSA) is 59.1 Å². The fourth-order valence-electron chi connectivity index (χ4n) is 4.73. The molecule has 222 valence electrons. The molecule has 0 aliphatic carbocycles. The van der Waals surface area contributed by atoms with Gasteiger partial charge >= 0.3 is 12.2 Å². The first kappa shape index (κ1) is 30.0. The van der Waals surface area contributed by atoms with Crippen molar-refractivity contribution < 1.29 is 32.2 Å². The van der Waals surface area contributed by atoms with E-state index in [0.717, 1.165) is 22.1 Å². The molecular formula is C33H28ClF3N2O4. The average molecular weight is 609 g/mol. The van der Waals surface area contributed by atoms with Crippen LogP contribution in [0.2, 0.25) is 5.02 Å². The largest absolute Gasteiger partial charge is 0.485 e. The SMILES string of the molecule is CC1(C)C(=O)N(c2ccc(Cl)c(C(F)(F)F)c2)C(=O)N1Cc1ccc(OCc2ccccc2)c(OCc2ccccc2)c1. The number of urea groups is 1. The van der Waals surface area contributed by atoms with E-state index in [-0.39, 0.29) is 18.8 Å². The zero-order valence-corrected chi connectivity index (χ0v) is 24.2. The van der Waals surface area contributed by atoms with Crippen molar-refractivity contribution in [1.82, 2.24) is 4.90 Å². The molecule has 0 atom stereocenters. The van der Waals surface area contributed by atoms with Gasteiger partial charge in [0.1, 0.15) is 18.8 Å². The fraction of sp³-hybridized carbons (Fsp3) is 0.212. The molecule has 1 aliphatic rings. The molecule has 1 aliphatic heterocycles. The number of anilines is 1. The summed E-state index contributed by atoms with van der Waals surface area (Å²) in [4.78, 5) is 29.0. The number of benzene rings is 4. The van der Waals surface area contributed by atoms with Crippen LogP contribution in [0.15, 0.2) is 97.1 Å². The van der Waals surface area contributed by atoms with Gasteiger partial charge in [-0.1, -0.05) is 78.3 Å². The van der Waals surface area contributed by atoms with Crippen molar-refractivity contribution in [2.24, 2.45) is 0 Å². The minimum atomic E-state index is -4.76.